The Balaban J connectivity index is 2.56. The van der Waals surface area contributed by atoms with Crippen molar-refractivity contribution in [3.8, 4) is 11.3 Å². The van der Waals surface area contributed by atoms with Crippen LogP contribution in [0.1, 0.15) is 30.9 Å². The monoisotopic (exact) mass is 233 g/mol. The van der Waals surface area contributed by atoms with Crippen molar-refractivity contribution in [2.75, 3.05) is 0 Å². The number of H-pyrrole nitrogens is 1. The summed E-state index contributed by atoms with van der Waals surface area (Å²) in [4.78, 5) is 0. The minimum absolute atomic E-state index is 0.360. The molecule has 2 aromatic rings. The minimum Gasteiger partial charge on any atom is -0.380 e. The summed E-state index contributed by atoms with van der Waals surface area (Å²) in [5.41, 5.74) is 3.39. The van der Waals surface area contributed by atoms with Crippen molar-refractivity contribution < 1.29 is 4.52 Å². The molecule has 0 aliphatic carbocycles. The largest absolute Gasteiger partial charge is 0.380 e. The summed E-state index contributed by atoms with van der Waals surface area (Å²) in [5, 5.41) is 2.77. The van der Waals surface area contributed by atoms with Crippen molar-refractivity contribution in [3.05, 3.63) is 40.0 Å². The average Bonchev–Trinajstić information content (AvgIpc) is 2.61. The molecule has 0 unspecified atom stereocenters. The van der Waals surface area contributed by atoms with E-state index in [0.29, 0.717) is 10.6 Å². The van der Waals surface area contributed by atoms with Crippen LogP contribution in [0.3, 0.4) is 0 Å². The van der Waals surface area contributed by atoms with E-state index in [2.05, 4.69) is 50.2 Å². The first-order chi connectivity index (χ1) is 7.59. The standard InChI is InChI=1S/C13H15NOS/c1-8(2)11-12(15-14-13(11)16)10-6-4-9(3)5-7-10/h4-8H,1-3H3,(H,14,16). The van der Waals surface area contributed by atoms with Crippen LogP contribution in [0, 0.1) is 11.6 Å². The normalized spacial score (nSPS) is 11.0. The molecular weight excluding hydrogens is 218 g/mol. The van der Waals surface area contributed by atoms with Crippen LogP contribution >= 0.6 is 12.2 Å². The fourth-order valence-corrected chi connectivity index (χ4v) is 2.12. The highest BCUT2D eigenvalue weighted by molar-refractivity contribution is 7.71. The summed E-state index contributed by atoms with van der Waals surface area (Å²) in [7, 11) is 0. The van der Waals surface area contributed by atoms with E-state index in [-0.39, 0.29) is 0 Å². The SMILES string of the molecule is Cc1ccc(-c2o[nH]c(=S)c2C(C)C)cc1. The van der Waals surface area contributed by atoms with E-state index in [1.807, 2.05) is 0 Å². The lowest BCUT2D eigenvalue weighted by Gasteiger charge is -2.04. The van der Waals surface area contributed by atoms with Crippen molar-refractivity contribution in [1.82, 2.24) is 5.16 Å². The molecule has 0 spiro atoms. The Morgan fingerprint density at radius 3 is 2.38 bits per heavy atom. The molecule has 1 heterocycles. The van der Waals surface area contributed by atoms with Crippen LogP contribution in [0.5, 0.6) is 0 Å². The molecule has 84 valence electrons. The maximum atomic E-state index is 5.45. The molecule has 0 amide bonds. The highest BCUT2D eigenvalue weighted by atomic mass is 32.1. The zero-order valence-corrected chi connectivity index (χ0v) is 10.5. The number of aromatic nitrogens is 1. The molecule has 16 heavy (non-hydrogen) atoms. The van der Waals surface area contributed by atoms with Gasteiger partial charge in [-0.25, -0.2) is 5.16 Å². The number of hydrogen-bond acceptors (Lipinski definition) is 2. The molecule has 0 radical (unpaired) electrons. The fourth-order valence-electron chi connectivity index (χ4n) is 1.75. The lowest BCUT2D eigenvalue weighted by Crippen LogP contribution is -1.88. The molecule has 0 fully saturated rings. The molecule has 0 saturated carbocycles. The van der Waals surface area contributed by atoms with Gasteiger partial charge in [0.25, 0.3) is 0 Å². The van der Waals surface area contributed by atoms with E-state index in [4.69, 9.17) is 16.7 Å². The van der Waals surface area contributed by atoms with Crippen LogP contribution in [0.15, 0.2) is 28.8 Å². The molecule has 3 heteroatoms. The van der Waals surface area contributed by atoms with Gasteiger partial charge in [0.2, 0.25) is 0 Å². The summed E-state index contributed by atoms with van der Waals surface area (Å²) in [6.07, 6.45) is 0. The molecule has 0 atom stereocenters. The third-order valence-corrected chi connectivity index (χ3v) is 2.93. The summed E-state index contributed by atoms with van der Waals surface area (Å²) in [6.45, 7) is 6.30. The lowest BCUT2D eigenvalue weighted by atomic mass is 10.00. The molecule has 1 aromatic heterocycles. The van der Waals surface area contributed by atoms with E-state index >= 15 is 0 Å². The first-order valence-corrected chi connectivity index (χ1v) is 5.79. The zero-order valence-electron chi connectivity index (χ0n) is 9.70. The predicted octanol–water partition coefficient (Wildman–Crippen LogP) is 4.44. The van der Waals surface area contributed by atoms with Crippen LogP contribution in [-0.4, -0.2) is 5.16 Å². The van der Waals surface area contributed by atoms with Gasteiger partial charge in [-0.15, -0.1) is 0 Å². The molecule has 0 aliphatic heterocycles. The predicted molar refractivity (Wildman–Crippen MR) is 68.2 cm³/mol. The van der Waals surface area contributed by atoms with Crippen LogP contribution in [0.4, 0.5) is 0 Å². The molecule has 2 nitrogen and oxygen atoms in total. The Labute approximate surface area is 100 Å². The molecule has 0 aliphatic rings. The summed E-state index contributed by atoms with van der Waals surface area (Å²) < 4.78 is 6.15. The second-order valence-corrected chi connectivity index (χ2v) is 4.71. The Morgan fingerprint density at radius 2 is 1.81 bits per heavy atom. The topological polar surface area (TPSA) is 28.9 Å². The Morgan fingerprint density at radius 1 is 1.19 bits per heavy atom. The highest BCUT2D eigenvalue weighted by Gasteiger charge is 2.15. The van der Waals surface area contributed by atoms with Crippen molar-refractivity contribution in [1.29, 1.82) is 0 Å². The smallest absolute Gasteiger partial charge is 0.168 e. The number of aryl methyl sites for hydroxylation is 1. The van der Waals surface area contributed by atoms with Crippen LogP contribution in [0.2, 0.25) is 0 Å². The van der Waals surface area contributed by atoms with Gasteiger partial charge in [-0.2, -0.15) is 0 Å². The van der Waals surface area contributed by atoms with Crippen molar-refractivity contribution in [2.45, 2.75) is 26.7 Å². The number of hydrogen-bond donors (Lipinski definition) is 1. The molecule has 2 rings (SSSR count). The van der Waals surface area contributed by atoms with Gasteiger partial charge < -0.3 is 4.52 Å². The Bertz CT molecular complexity index is 534. The summed E-state index contributed by atoms with van der Waals surface area (Å²) >= 11 is 5.23. The lowest BCUT2D eigenvalue weighted by molar-refractivity contribution is 0.429. The zero-order chi connectivity index (χ0) is 11.7. The average molecular weight is 233 g/mol. The first-order valence-electron chi connectivity index (χ1n) is 5.38. The molecule has 1 N–H and O–H groups in total. The van der Waals surface area contributed by atoms with Crippen molar-refractivity contribution in [3.63, 3.8) is 0 Å². The maximum absolute atomic E-state index is 5.45. The van der Waals surface area contributed by atoms with Gasteiger partial charge in [0.15, 0.2) is 5.76 Å². The quantitative estimate of drug-likeness (QED) is 0.777. The van der Waals surface area contributed by atoms with Crippen molar-refractivity contribution >= 4 is 12.2 Å². The van der Waals surface area contributed by atoms with Gasteiger partial charge in [0, 0.05) is 11.1 Å². The van der Waals surface area contributed by atoms with Gasteiger partial charge in [0.05, 0.1) is 0 Å². The Hall–Kier alpha value is -1.35. The first kappa shape index (κ1) is 11.1. The Kier molecular flexibility index (Phi) is 2.97. The maximum Gasteiger partial charge on any atom is 0.168 e. The van der Waals surface area contributed by atoms with Gasteiger partial charge in [0.1, 0.15) is 4.64 Å². The molecular formula is C13H15NOS. The molecule has 0 saturated heterocycles. The number of benzene rings is 1. The molecule has 1 aromatic carbocycles. The van der Waals surface area contributed by atoms with Crippen LogP contribution in [0.25, 0.3) is 11.3 Å². The summed E-state index contributed by atoms with van der Waals surface area (Å²) in [5.74, 6) is 1.22. The van der Waals surface area contributed by atoms with Crippen LogP contribution < -0.4 is 0 Å². The number of aromatic amines is 1. The van der Waals surface area contributed by atoms with E-state index < -0.39 is 0 Å². The van der Waals surface area contributed by atoms with E-state index in [1.54, 1.807) is 0 Å². The second kappa shape index (κ2) is 4.26. The van der Waals surface area contributed by atoms with Gasteiger partial charge >= 0.3 is 0 Å². The third kappa shape index (κ3) is 1.95. The molecule has 0 bridgehead atoms. The third-order valence-electron chi connectivity index (χ3n) is 2.63. The summed E-state index contributed by atoms with van der Waals surface area (Å²) in [6, 6.07) is 8.27. The van der Waals surface area contributed by atoms with Gasteiger partial charge in [-0.05, 0) is 12.8 Å². The minimum atomic E-state index is 0.360. The number of nitrogens with one attached hydrogen (secondary N) is 1. The van der Waals surface area contributed by atoms with E-state index in [1.165, 1.54) is 5.56 Å². The van der Waals surface area contributed by atoms with E-state index in [9.17, 15) is 0 Å². The van der Waals surface area contributed by atoms with Gasteiger partial charge in [-0.3, -0.25) is 0 Å². The van der Waals surface area contributed by atoms with Crippen molar-refractivity contribution in [2.24, 2.45) is 0 Å². The van der Waals surface area contributed by atoms with Crippen LogP contribution in [-0.2, 0) is 0 Å². The van der Waals surface area contributed by atoms with Gasteiger partial charge in [-0.1, -0.05) is 55.9 Å². The highest BCUT2D eigenvalue weighted by Crippen LogP contribution is 2.30. The fraction of sp³-hybridized carbons (Fsp3) is 0.308. The second-order valence-electron chi connectivity index (χ2n) is 4.30. The number of rotatable bonds is 2. The van der Waals surface area contributed by atoms with E-state index in [0.717, 1.165) is 16.9 Å².